The molecule has 0 aliphatic heterocycles. The zero-order valence-electron chi connectivity index (χ0n) is 46.1. The summed E-state index contributed by atoms with van der Waals surface area (Å²) in [6.45, 7) is 7.86. The van der Waals surface area contributed by atoms with Crippen molar-refractivity contribution in [2.75, 3.05) is 19.8 Å². The Labute approximate surface area is 425 Å². The molecule has 68 heavy (non-hydrogen) atoms. The summed E-state index contributed by atoms with van der Waals surface area (Å²) >= 11 is 0. The molecule has 0 saturated carbocycles. The highest BCUT2D eigenvalue weighted by atomic mass is 16.6. The molecule has 0 radical (unpaired) electrons. The number of ether oxygens (including phenoxy) is 3. The molecule has 0 aromatic rings. The second kappa shape index (κ2) is 59.4. The van der Waals surface area contributed by atoms with Gasteiger partial charge in [-0.25, -0.2) is 0 Å². The van der Waals surface area contributed by atoms with Gasteiger partial charge in [0.1, 0.15) is 6.61 Å². The third-order valence-corrected chi connectivity index (χ3v) is 13.6. The van der Waals surface area contributed by atoms with E-state index in [4.69, 9.17) is 14.2 Å². The van der Waals surface area contributed by atoms with Crippen LogP contribution in [0, 0.1) is 0 Å². The number of hydrogen-bond donors (Lipinski definition) is 0. The SMILES string of the molecule is CCCCCCCC/C=C\CCCCCCCCCCCC(=O)OCC(COCCCCCCCC/C=C\CCCCCCCC)OC(=O)CCCCCCCCC/C=C\CCCCCCCC. The molecule has 0 aromatic carbocycles. The lowest BCUT2D eigenvalue weighted by molar-refractivity contribution is -0.163. The zero-order chi connectivity index (χ0) is 49.2. The van der Waals surface area contributed by atoms with E-state index in [1.165, 1.54) is 257 Å². The Morgan fingerprint density at radius 2 is 0.574 bits per heavy atom. The lowest BCUT2D eigenvalue weighted by Gasteiger charge is -2.18. The van der Waals surface area contributed by atoms with E-state index in [1.54, 1.807) is 0 Å². The van der Waals surface area contributed by atoms with E-state index in [-0.39, 0.29) is 25.2 Å². The molecule has 0 N–H and O–H groups in total. The first-order chi connectivity index (χ1) is 33.6. The molecule has 0 saturated heterocycles. The van der Waals surface area contributed by atoms with Gasteiger partial charge in [0, 0.05) is 19.4 Å². The van der Waals surface area contributed by atoms with E-state index in [2.05, 4.69) is 57.2 Å². The Balaban J connectivity index is 4.25. The maximum absolute atomic E-state index is 12.9. The second-order valence-electron chi connectivity index (χ2n) is 20.6. The first-order valence-electron chi connectivity index (χ1n) is 30.5. The lowest BCUT2D eigenvalue weighted by atomic mass is 10.1. The monoisotopic (exact) mass is 955 g/mol. The number of esters is 2. The lowest BCUT2D eigenvalue weighted by Crippen LogP contribution is -2.30. The van der Waals surface area contributed by atoms with Gasteiger partial charge >= 0.3 is 11.9 Å². The third kappa shape index (κ3) is 56.7. The van der Waals surface area contributed by atoms with E-state index in [0.29, 0.717) is 19.4 Å². The number of allylic oxidation sites excluding steroid dienone is 6. The molecule has 0 aromatic heterocycles. The molecule has 0 amide bonds. The topological polar surface area (TPSA) is 61.8 Å². The van der Waals surface area contributed by atoms with Gasteiger partial charge in [-0.1, -0.05) is 256 Å². The van der Waals surface area contributed by atoms with Crippen molar-refractivity contribution in [3.63, 3.8) is 0 Å². The summed E-state index contributed by atoms with van der Waals surface area (Å²) in [6, 6.07) is 0. The molecule has 1 atom stereocenters. The van der Waals surface area contributed by atoms with Crippen LogP contribution in [0.3, 0.4) is 0 Å². The minimum atomic E-state index is -0.540. The van der Waals surface area contributed by atoms with Crippen LogP contribution in [-0.2, 0) is 23.8 Å². The Bertz CT molecular complexity index is 1080. The molecular weight excluding hydrogens is 837 g/mol. The van der Waals surface area contributed by atoms with Crippen molar-refractivity contribution in [2.45, 2.75) is 335 Å². The van der Waals surface area contributed by atoms with Crippen molar-refractivity contribution in [3.05, 3.63) is 36.5 Å². The van der Waals surface area contributed by atoms with Gasteiger partial charge in [-0.15, -0.1) is 0 Å². The summed E-state index contributed by atoms with van der Waals surface area (Å²) in [5.74, 6) is -0.389. The zero-order valence-corrected chi connectivity index (χ0v) is 46.1. The van der Waals surface area contributed by atoms with Gasteiger partial charge in [0.15, 0.2) is 6.10 Å². The van der Waals surface area contributed by atoms with Gasteiger partial charge < -0.3 is 14.2 Å². The summed E-state index contributed by atoms with van der Waals surface area (Å²) in [7, 11) is 0. The maximum Gasteiger partial charge on any atom is 0.306 e. The van der Waals surface area contributed by atoms with Gasteiger partial charge in [0.2, 0.25) is 0 Å². The first kappa shape index (κ1) is 66.1. The molecule has 0 aliphatic rings. The third-order valence-electron chi connectivity index (χ3n) is 13.6. The predicted molar refractivity (Wildman–Crippen MR) is 298 cm³/mol. The quantitative estimate of drug-likeness (QED) is 0.0345. The van der Waals surface area contributed by atoms with Gasteiger partial charge in [-0.2, -0.15) is 0 Å². The normalized spacial score (nSPS) is 12.3. The fraction of sp³-hybridized carbons (Fsp3) is 0.873. The molecule has 0 bridgehead atoms. The molecule has 1 unspecified atom stereocenters. The fourth-order valence-electron chi connectivity index (χ4n) is 9.03. The van der Waals surface area contributed by atoms with Crippen LogP contribution in [0.15, 0.2) is 36.5 Å². The highest BCUT2D eigenvalue weighted by Crippen LogP contribution is 2.16. The highest BCUT2D eigenvalue weighted by Gasteiger charge is 2.17. The maximum atomic E-state index is 12.9. The highest BCUT2D eigenvalue weighted by molar-refractivity contribution is 5.70. The summed E-state index contributed by atoms with van der Waals surface area (Å²) in [5.41, 5.74) is 0. The van der Waals surface area contributed by atoms with Crippen molar-refractivity contribution in [1.82, 2.24) is 0 Å². The number of carbonyl (C=O) groups is 2. The van der Waals surface area contributed by atoms with Gasteiger partial charge in [0.05, 0.1) is 6.61 Å². The van der Waals surface area contributed by atoms with Crippen molar-refractivity contribution in [3.8, 4) is 0 Å². The van der Waals surface area contributed by atoms with Crippen LogP contribution in [0.25, 0.3) is 0 Å². The van der Waals surface area contributed by atoms with Crippen LogP contribution in [0.2, 0.25) is 0 Å². The van der Waals surface area contributed by atoms with E-state index >= 15 is 0 Å². The largest absolute Gasteiger partial charge is 0.462 e. The van der Waals surface area contributed by atoms with E-state index < -0.39 is 6.10 Å². The second-order valence-corrected chi connectivity index (χ2v) is 20.6. The molecule has 0 spiro atoms. The predicted octanol–water partition coefficient (Wildman–Crippen LogP) is 20.9. The van der Waals surface area contributed by atoms with Crippen LogP contribution in [0.4, 0.5) is 0 Å². The van der Waals surface area contributed by atoms with Crippen LogP contribution >= 0.6 is 0 Å². The van der Waals surface area contributed by atoms with Gasteiger partial charge in [-0.3, -0.25) is 9.59 Å². The van der Waals surface area contributed by atoms with E-state index in [1.807, 2.05) is 0 Å². The van der Waals surface area contributed by atoms with Crippen LogP contribution in [0.5, 0.6) is 0 Å². The molecule has 5 nitrogen and oxygen atoms in total. The van der Waals surface area contributed by atoms with Crippen LogP contribution in [-0.4, -0.2) is 37.9 Å². The fourth-order valence-corrected chi connectivity index (χ4v) is 9.03. The number of unbranched alkanes of at least 4 members (excludes halogenated alkanes) is 40. The Morgan fingerprint density at radius 3 is 0.897 bits per heavy atom. The molecule has 0 fully saturated rings. The number of hydrogen-bond acceptors (Lipinski definition) is 5. The Morgan fingerprint density at radius 1 is 0.309 bits per heavy atom. The van der Waals surface area contributed by atoms with E-state index in [9.17, 15) is 9.59 Å². The van der Waals surface area contributed by atoms with E-state index in [0.717, 1.165) is 38.5 Å². The van der Waals surface area contributed by atoms with Gasteiger partial charge in [0.25, 0.3) is 0 Å². The average molecular weight is 956 g/mol. The van der Waals surface area contributed by atoms with Crippen LogP contribution in [0.1, 0.15) is 329 Å². The van der Waals surface area contributed by atoms with Crippen molar-refractivity contribution in [1.29, 1.82) is 0 Å². The average Bonchev–Trinajstić information content (AvgIpc) is 3.34. The van der Waals surface area contributed by atoms with Crippen LogP contribution < -0.4 is 0 Å². The molecule has 0 heterocycles. The summed E-state index contributed by atoms with van der Waals surface area (Å²) in [6.07, 6.45) is 73.1. The minimum absolute atomic E-state index is 0.0845. The molecule has 5 heteroatoms. The van der Waals surface area contributed by atoms with Gasteiger partial charge in [-0.05, 0) is 96.3 Å². The Kier molecular flexibility index (Phi) is 57.8. The van der Waals surface area contributed by atoms with Crippen molar-refractivity contribution >= 4 is 11.9 Å². The molecule has 400 valence electrons. The Hall–Kier alpha value is -1.88. The van der Waals surface area contributed by atoms with Crippen molar-refractivity contribution < 1.29 is 23.8 Å². The number of carbonyl (C=O) groups excluding carboxylic acids is 2. The summed E-state index contributed by atoms with van der Waals surface area (Å²) in [5, 5.41) is 0. The smallest absolute Gasteiger partial charge is 0.306 e. The minimum Gasteiger partial charge on any atom is -0.462 e. The number of rotatable bonds is 57. The summed E-state index contributed by atoms with van der Waals surface area (Å²) < 4.78 is 17.5. The summed E-state index contributed by atoms with van der Waals surface area (Å²) in [4.78, 5) is 25.6. The molecule has 0 rings (SSSR count). The molecular formula is C63H118O5. The van der Waals surface area contributed by atoms with Crippen molar-refractivity contribution in [2.24, 2.45) is 0 Å². The molecule has 0 aliphatic carbocycles. The standard InChI is InChI=1S/C63H118O5/c1-4-7-10-13-16-19-22-25-28-31-32-34-35-38-41-44-47-50-53-56-62(64)67-60-61(59-66-58-55-52-49-46-43-40-37-30-27-24-21-18-15-12-9-6-3)68-63(65)57-54-51-48-45-42-39-36-33-29-26-23-20-17-14-11-8-5-2/h25-30,61H,4-24,31-60H2,1-3H3/b28-25-,29-26-,30-27-. The first-order valence-corrected chi connectivity index (χ1v) is 30.5.